The number of halogens is 3. The highest BCUT2D eigenvalue weighted by Gasteiger charge is 2.31. The van der Waals surface area contributed by atoms with E-state index in [1.54, 1.807) is 12.4 Å². The van der Waals surface area contributed by atoms with E-state index < -0.39 is 11.7 Å². The van der Waals surface area contributed by atoms with Crippen molar-refractivity contribution in [1.29, 1.82) is 0 Å². The molecule has 0 amide bonds. The van der Waals surface area contributed by atoms with Crippen LogP contribution in [-0.4, -0.2) is 24.8 Å². The number of alkyl halides is 3. The minimum absolute atomic E-state index is 0.401. The lowest BCUT2D eigenvalue weighted by Crippen LogP contribution is -2.04. The summed E-state index contributed by atoms with van der Waals surface area (Å²) in [5.74, 6) is 0.401. The maximum absolute atomic E-state index is 12.8. The maximum atomic E-state index is 12.8. The van der Waals surface area contributed by atoms with Crippen LogP contribution in [-0.2, 0) is 6.18 Å². The lowest BCUT2D eigenvalue weighted by atomic mass is 10.1. The summed E-state index contributed by atoms with van der Waals surface area (Å²) in [5.41, 5.74) is 3.91. The van der Waals surface area contributed by atoms with Crippen LogP contribution in [0, 0.1) is 0 Å². The zero-order valence-corrected chi connectivity index (χ0v) is 14.0. The van der Waals surface area contributed by atoms with Crippen molar-refractivity contribution in [2.75, 3.05) is 0 Å². The zero-order chi connectivity index (χ0) is 18.6. The van der Waals surface area contributed by atoms with E-state index in [1.165, 1.54) is 12.1 Å². The largest absolute Gasteiger partial charge is 0.416 e. The Morgan fingerprint density at radius 2 is 1.85 bits per heavy atom. The van der Waals surface area contributed by atoms with E-state index in [1.807, 2.05) is 16.6 Å². The van der Waals surface area contributed by atoms with Crippen molar-refractivity contribution in [2.45, 2.75) is 24.9 Å². The van der Waals surface area contributed by atoms with E-state index in [0.29, 0.717) is 22.8 Å². The lowest BCUT2D eigenvalue weighted by Gasteiger charge is -2.10. The average molecular weight is 369 g/mol. The molecule has 0 radical (unpaired) electrons. The number of aromatic nitrogens is 5. The number of fused-ring (bicyclic) bond motifs is 1. The number of H-pyrrole nitrogens is 1. The fourth-order valence-corrected chi connectivity index (χ4v) is 3.23. The molecule has 0 unspecified atom stereocenters. The van der Waals surface area contributed by atoms with Gasteiger partial charge in [0.05, 0.1) is 28.7 Å². The fraction of sp³-hybridized carbons (Fsp3) is 0.211. The van der Waals surface area contributed by atoms with Gasteiger partial charge in [0.15, 0.2) is 5.65 Å². The summed E-state index contributed by atoms with van der Waals surface area (Å²) in [6, 6.07) is 8.86. The van der Waals surface area contributed by atoms with Gasteiger partial charge in [0.25, 0.3) is 0 Å². The van der Waals surface area contributed by atoms with Gasteiger partial charge < -0.3 is 0 Å². The molecule has 0 spiro atoms. The van der Waals surface area contributed by atoms with Gasteiger partial charge >= 0.3 is 6.18 Å². The van der Waals surface area contributed by atoms with Crippen molar-refractivity contribution in [3.63, 3.8) is 0 Å². The molecule has 4 aromatic rings. The molecule has 0 atom stereocenters. The molecule has 1 aromatic carbocycles. The maximum Gasteiger partial charge on any atom is 0.416 e. The van der Waals surface area contributed by atoms with Crippen molar-refractivity contribution in [1.82, 2.24) is 24.8 Å². The Hall–Kier alpha value is -3.16. The second-order valence-corrected chi connectivity index (χ2v) is 6.68. The zero-order valence-electron chi connectivity index (χ0n) is 14.0. The minimum Gasteiger partial charge on any atom is -0.278 e. The van der Waals surface area contributed by atoms with Crippen LogP contribution in [0.2, 0.25) is 0 Å². The highest BCUT2D eigenvalue weighted by atomic mass is 19.4. The predicted molar refractivity (Wildman–Crippen MR) is 93.0 cm³/mol. The van der Waals surface area contributed by atoms with Gasteiger partial charge in [-0.05, 0) is 37.1 Å². The van der Waals surface area contributed by atoms with Crippen LogP contribution >= 0.6 is 0 Å². The highest BCUT2D eigenvalue weighted by Crippen LogP contribution is 2.42. The Morgan fingerprint density at radius 1 is 1.07 bits per heavy atom. The van der Waals surface area contributed by atoms with Crippen molar-refractivity contribution in [3.05, 3.63) is 60.0 Å². The monoisotopic (exact) mass is 369 g/mol. The minimum atomic E-state index is -4.35. The SMILES string of the molecule is FC(F)(F)c1ccc(-c2cc(C3CC3)n3ncc(-c4ccn[nH]4)c3n2)cc1. The molecule has 1 fully saturated rings. The molecule has 3 heterocycles. The molecule has 27 heavy (non-hydrogen) atoms. The van der Waals surface area contributed by atoms with Gasteiger partial charge in [0.2, 0.25) is 0 Å². The van der Waals surface area contributed by atoms with E-state index in [0.717, 1.165) is 41.9 Å². The van der Waals surface area contributed by atoms with Crippen molar-refractivity contribution in [2.24, 2.45) is 0 Å². The van der Waals surface area contributed by atoms with Crippen LogP contribution < -0.4 is 0 Å². The molecule has 1 aliphatic carbocycles. The third-order valence-electron chi connectivity index (χ3n) is 4.79. The smallest absolute Gasteiger partial charge is 0.278 e. The van der Waals surface area contributed by atoms with Crippen LogP contribution in [0.1, 0.15) is 30.0 Å². The van der Waals surface area contributed by atoms with Gasteiger partial charge in [0.1, 0.15) is 0 Å². The molecule has 8 heteroatoms. The second-order valence-electron chi connectivity index (χ2n) is 6.68. The van der Waals surface area contributed by atoms with E-state index in [2.05, 4.69) is 15.3 Å². The molecule has 1 saturated carbocycles. The van der Waals surface area contributed by atoms with Gasteiger partial charge in [-0.3, -0.25) is 5.10 Å². The van der Waals surface area contributed by atoms with Crippen molar-refractivity contribution >= 4 is 5.65 Å². The number of rotatable bonds is 3. The second kappa shape index (κ2) is 5.67. The number of hydrogen-bond acceptors (Lipinski definition) is 3. The Bertz CT molecular complexity index is 1110. The lowest BCUT2D eigenvalue weighted by molar-refractivity contribution is -0.137. The summed E-state index contributed by atoms with van der Waals surface area (Å²) in [5, 5.41) is 11.4. The first-order valence-electron chi connectivity index (χ1n) is 8.57. The molecule has 136 valence electrons. The van der Waals surface area contributed by atoms with Crippen LogP contribution in [0.3, 0.4) is 0 Å². The van der Waals surface area contributed by atoms with Gasteiger partial charge in [0, 0.05) is 23.4 Å². The van der Waals surface area contributed by atoms with E-state index in [4.69, 9.17) is 4.98 Å². The van der Waals surface area contributed by atoms with Gasteiger partial charge in [-0.25, -0.2) is 9.50 Å². The van der Waals surface area contributed by atoms with Crippen LogP contribution in [0.5, 0.6) is 0 Å². The third kappa shape index (κ3) is 2.77. The van der Waals surface area contributed by atoms with Crippen LogP contribution in [0.25, 0.3) is 28.2 Å². The number of hydrogen-bond donors (Lipinski definition) is 1. The summed E-state index contributed by atoms with van der Waals surface area (Å²) in [6.07, 6.45) is 1.18. The fourth-order valence-electron chi connectivity index (χ4n) is 3.23. The molecular formula is C19H14F3N5. The molecule has 1 aliphatic rings. The van der Waals surface area contributed by atoms with Crippen molar-refractivity contribution in [3.8, 4) is 22.5 Å². The van der Waals surface area contributed by atoms with Gasteiger partial charge in [-0.1, -0.05) is 12.1 Å². The molecule has 5 rings (SSSR count). The topological polar surface area (TPSA) is 58.9 Å². The van der Waals surface area contributed by atoms with Crippen LogP contribution in [0.4, 0.5) is 13.2 Å². The summed E-state index contributed by atoms with van der Waals surface area (Å²) in [6.45, 7) is 0. The van der Waals surface area contributed by atoms with Crippen molar-refractivity contribution < 1.29 is 13.2 Å². The predicted octanol–water partition coefficient (Wildman–Crippen LogP) is 4.68. The molecular weight excluding hydrogens is 355 g/mol. The standard InChI is InChI=1S/C19H14F3N5/c20-19(21,22)13-5-3-11(4-6-13)16-9-17(12-1-2-12)27-18(25-16)14(10-24-27)15-7-8-23-26-15/h3-10,12H,1-2H2,(H,23,26). The molecule has 5 nitrogen and oxygen atoms in total. The van der Waals surface area contributed by atoms with Gasteiger partial charge in [-0.2, -0.15) is 23.4 Å². The normalized spacial score (nSPS) is 14.8. The molecule has 0 saturated heterocycles. The Morgan fingerprint density at radius 3 is 2.48 bits per heavy atom. The summed E-state index contributed by atoms with van der Waals surface area (Å²) >= 11 is 0. The summed E-state index contributed by atoms with van der Waals surface area (Å²) < 4.78 is 40.3. The molecule has 3 aromatic heterocycles. The number of nitrogens with zero attached hydrogens (tertiary/aromatic N) is 4. The summed E-state index contributed by atoms with van der Waals surface area (Å²) in [7, 11) is 0. The van der Waals surface area contributed by atoms with E-state index in [9.17, 15) is 13.2 Å². The first-order chi connectivity index (χ1) is 13.0. The van der Waals surface area contributed by atoms with Gasteiger partial charge in [-0.15, -0.1) is 0 Å². The number of benzene rings is 1. The first-order valence-corrected chi connectivity index (χ1v) is 8.57. The number of aromatic amines is 1. The highest BCUT2D eigenvalue weighted by molar-refractivity contribution is 5.76. The van der Waals surface area contributed by atoms with E-state index >= 15 is 0 Å². The summed E-state index contributed by atoms with van der Waals surface area (Å²) in [4.78, 5) is 4.70. The molecule has 0 aliphatic heterocycles. The number of nitrogens with one attached hydrogen (secondary N) is 1. The first kappa shape index (κ1) is 16.0. The molecule has 0 bridgehead atoms. The quantitative estimate of drug-likeness (QED) is 0.570. The van der Waals surface area contributed by atoms with Crippen LogP contribution in [0.15, 0.2) is 48.8 Å². The Kier molecular flexibility index (Phi) is 3.37. The molecule has 1 N–H and O–H groups in total. The third-order valence-corrected chi connectivity index (χ3v) is 4.79. The average Bonchev–Trinajstić information content (AvgIpc) is 3.18. The Labute approximate surface area is 151 Å². The van der Waals surface area contributed by atoms with E-state index in [-0.39, 0.29) is 0 Å². The Balaban J connectivity index is 1.67.